The third-order valence-electron chi connectivity index (χ3n) is 1.22. The van der Waals surface area contributed by atoms with Crippen molar-refractivity contribution >= 4 is 55.6 Å². The van der Waals surface area contributed by atoms with Crippen LogP contribution >= 0.6 is 24.0 Å². The molecule has 0 spiro atoms. The van der Waals surface area contributed by atoms with Gasteiger partial charge in [-0.05, 0) is 26.8 Å². The van der Waals surface area contributed by atoms with Gasteiger partial charge in [0.25, 0.3) is 0 Å². The van der Waals surface area contributed by atoms with Crippen molar-refractivity contribution in [2.24, 2.45) is 0 Å². The van der Waals surface area contributed by atoms with Crippen molar-refractivity contribution < 1.29 is 0 Å². The Morgan fingerprint density at radius 2 is 2.09 bits per heavy atom. The molecule has 1 N–H and O–H groups in total. The summed E-state index contributed by atoms with van der Waals surface area (Å²) in [5.41, 5.74) is 1.16. The van der Waals surface area contributed by atoms with Crippen molar-refractivity contribution in [2.75, 3.05) is 0 Å². The smallest absolute Gasteiger partial charge is 0.138 e. The zero-order chi connectivity index (χ0) is 7.78. The van der Waals surface area contributed by atoms with E-state index in [0.29, 0.717) is 0 Å². The molecule has 60 valence electrons. The predicted molar refractivity (Wildman–Crippen MR) is 56.9 cm³/mol. The van der Waals surface area contributed by atoms with Crippen LogP contribution in [0.1, 0.15) is 20.8 Å². The SMILES string of the molecule is CC1=CC(C)(C)SC(=S)N1.[Pb]. The molecular weight excluding hydrogens is 369 g/mol. The Morgan fingerprint density at radius 3 is 2.45 bits per heavy atom. The van der Waals surface area contributed by atoms with Gasteiger partial charge in [-0.25, -0.2) is 0 Å². The van der Waals surface area contributed by atoms with E-state index in [9.17, 15) is 0 Å². The Labute approximate surface area is 97.5 Å². The molecule has 0 atom stereocenters. The van der Waals surface area contributed by atoms with Gasteiger partial charge in [-0.1, -0.05) is 24.0 Å². The molecule has 0 aromatic heterocycles. The van der Waals surface area contributed by atoms with Gasteiger partial charge in [0.05, 0.1) is 0 Å². The average molecular weight is 381 g/mol. The van der Waals surface area contributed by atoms with E-state index in [2.05, 4.69) is 25.2 Å². The monoisotopic (exact) mass is 381 g/mol. The van der Waals surface area contributed by atoms with Crippen LogP contribution in [0.5, 0.6) is 0 Å². The van der Waals surface area contributed by atoms with Crippen LogP contribution in [0.25, 0.3) is 0 Å². The van der Waals surface area contributed by atoms with Crippen LogP contribution in [0.2, 0.25) is 0 Å². The molecule has 0 fully saturated rings. The number of nitrogens with one attached hydrogen (secondary N) is 1. The Kier molecular flexibility index (Phi) is 4.57. The Balaban J connectivity index is 0.000001000. The van der Waals surface area contributed by atoms with E-state index in [-0.39, 0.29) is 32.0 Å². The fraction of sp³-hybridized carbons (Fsp3) is 0.571. The number of thioether (sulfide) groups is 1. The molecule has 1 aliphatic rings. The van der Waals surface area contributed by atoms with Crippen molar-refractivity contribution in [3.63, 3.8) is 0 Å². The number of hydrogen-bond donors (Lipinski definition) is 1. The van der Waals surface area contributed by atoms with E-state index in [1.54, 1.807) is 11.8 Å². The van der Waals surface area contributed by atoms with Crippen molar-refractivity contribution in [2.45, 2.75) is 25.5 Å². The Morgan fingerprint density at radius 1 is 1.55 bits per heavy atom. The van der Waals surface area contributed by atoms with Gasteiger partial charge in [0.15, 0.2) is 0 Å². The number of thiocarbonyl (C=S) groups is 1. The van der Waals surface area contributed by atoms with Crippen molar-refractivity contribution in [3.8, 4) is 0 Å². The molecule has 1 nitrogen and oxygen atoms in total. The first-order chi connectivity index (χ1) is 4.49. The van der Waals surface area contributed by atoms with E-state index >= 15 is 0 Å². The van der Waals surface area contributed by atoms with Gasteiger partial charge in [-0.2, -0.15) is 0 Å². The maximum absolute atomic E-state index is 5.04. The molecule has 0 bridgehead atoms. The molecule has 0 aliphatic carbocycles. The van der Waals surface area contributed by atoms with E-state index in [0.717, 1.165) is 10.0 Å². The molecule has 0 aromatic rings. The molecule has 1 heterocycles. The van der Waals surface area contributed by atoms with Crippen LogP contribution in [-0.2, 0) is 0 Å². The third-order valence-corrected chi connectivity index (χ3v) is 2.50. The molecule has 4 heteroatoms. The van der Waals surface area contributed by atoms with Crippen LogP contribution in [0.4, 0.5) is 0 Å². The first-order valence-corrected chi connectivity index (χ1v) is 4.41. The minimum Gasteiger partial charge on any atom is -0.345 e. The molecule has 1 aliphatic heterocycles. The average Bonchev–Trinajstić information content (AvgIpc) is 1.54. The molecule has 0 amide bonds. The van der Waals surface area contributed by atoms with Gasteiger partial charge in [0.2, 0.25) is 0 Å². The van der Waals surface area contributed by atoms with Crippen molar-refractivity contribution in [3.05, 3.63) is 11.8 Å². The van der Waals surface area contributed by atoms with Gasteiger partial charge in [0.1, 0.15) is 4.32 Å². The van der Waals surface area contributed by atoms with Crippen LogP contribution in [0.15, 0.2) is 11.8 Å². The second-order valence-electron chi connectivity index (χ2n) is 2.95. The summed E-state index contributed by atoms with van der Waals surface area (Å²) in [4.78, 5) is 0. The standard InChI is InChI=1S/C7H11NS2.Pb/c1-5-4-7(2,3)10-6(9)8-5;/h4H,1-3H3,(H,8,9);. The van der Waals surface area contributed by atoms with E-state index in [4.69, 9.17) is 12.2 Å². The molecule has 1 rings (SSSR count). The quantitative estimate of drug-likeness (QED) is 0.509. The summed E-state index contributed by atoms with van der Waals surface area (Å²) in [5, 5.41) is 3.09. The summed E-state index contributed by atoms with van der Waals surface area (Å²) in [6.45, 7) is 6.36. The number of hydrogen-bond acceptors (Lipinski definition) is 2. The predicted octanol–water partition coefficient (Wildman–Crippen LogP) is 1.91. The fourth-order valence-electron chi connectivity index (χ4n) is 1.01. The van der Waals surface area contributed by atoms with Crippen LogP contribution in [0.3, 0.4) is 0 Å². The maximum atomic E-state index is 5.04. The first kappa shape index (κ1) is 11.9. The van der Waals surface area contributed by atoms with Crippen LogP contribution in [0, 0.1) is 0 Å². The van der Waals surface area contributed by atoms with E-state index in [1.807, 2.05) is 6.92 Å². The molecule has 11 heavy (non-hydrogen) atoms. The van der Waals surface area contributed by atoms with Gasteiger partial charge in [-0.3, -0.25) is 0 Å². The summed E-state index contributed by atoms with van der Waals surface area (Å²) >= 11 is 6.73. The first-order valence-electron chi connectivity index (χ1n) is 3.19. The summed E-state index contributed by atoms with van der Waals surface area (Å²) < 4.78 is 1.05. The van der Waals surface area contributed by atoms with Crippen LogP contribution in [-0.4, -0.2) is 36.4 Å². The summed E-state index contributed by atoms with van der Waals surface area (Å²) in [5.74, 6) is 0. The third kappa shape index (κ3) is 3.89. The Hall–Kier alpha value is 0.902. The molecule has 0 unspecified atom stereocenters. The largest absolute Gasteiger partial charge is 0.345 e. The van der Waals surface area contributed by atoms with Gasteiger partial charge >= 0.3 is 0 Å². The topological polar surface area (TPSA) is 12.0 Å². The van der Waals surface area contributed by atoms with E-state index in [1.165, 1.54) is 0 Å². The van der Waals surface area contributed by atoms with Gasteiger partial charge in [0, 0.05) is 37.7 Å². The van der Waals surface area contributed by atoms with Crippen molar-refractivity contribution in [1.82, 2.24) is 5.32 Å². The summed E-state index contributed by atoms with van der Waals surface area (Å²) in [7, 11) is 0. The van der Waals surface area contributed by atoms with Gasteiger partial charge in [-0.15, -0.1) is 0 Å². The summed E-state index contributed by atoms with van der Waals surface area (Å²) in [6, 6.07) is 0. The fourth-order valence-corrected chi connectivity index (χ4v) is 2.74. The maximum Gasteiger partial charge on any atom is 0.138 e. The van der Waals surface area contributed by atoms with Crippen molar-refractivity contribution in [1.29, 1.82) is 0 Å². The minimum atomic E-state index is 0. The van der Waals surface area contributed by atoms with Gasteiger partial charge < -0.3 is 5.32 Å². The summed E-state index contributed by atoms with van der Waals surface area (Å²) in [6.07, 6.45) is 2.19. The zero-order valence-electron chi connectivity index (χ0n) is 6.89. The number of allylic oxidation sites excluding steroid dienone is 1. The molecule has 4 radical (unpaired) electrons. The second kappa shape index (κ2) is 4.23. The molecule has 0 saturated carbocycles. The molecule has 0 aromatic carbocycles. The van der Waals surface area contributed by atoms with Crippen LogP contribution < -0.4 is 5.32 Å². The second-order valence-corrected chi connectivity index (χ2v) is 5.28. The number of rotatable bonds is 0. The zero-order valence-corrected chi connectivity index (χ0v) is 12.4. The minimum absolute atomic E-state index is 0. The normalized spacial score (nSPS) is 21.4. The van der Waals surface area contributed by atoms with E-state index < -0.39 is 0 Å². The molecule has 0 saturated heterocycles. The molecular formula is C7H11NPbS2. The Bertz CT molecular complexity index is 199.